The maximum absolute atomic E-state index is 6.52. The Bertz CT molecular complexity index is 478. The fraction of sp³-hybridized carbons (Fsp3) is 0.600. The second-order valence-electron chi connectivity index (χ2n) is 6.57. The highest BCUT2D eigenvalue weighted by Gasteiger charge is 2.66. The maximum atomic E-state index is 6.52. The Morgan fingerprint density at radius 3 is 2.00 bits per heavy atom. The maximum Gasteiger partial charge on any atom is 0.0345 e. The topological polar surface area (TPSA) is 26.0 Å². The van der Waals surface area contributed by atoms with Crippen molar-refractivity contribution in [2.24, 2.45) is 22.5 Å². The minimum atomic E-state index is 0.0845. The molecule has 0 radical (unpaired) electrons. The first-order valence-corrected chi connectivity index (χ1v) is 7.90. The number of nitrogens with two attached hydrogens (primary N) is 1. The Kier molecular flexibility index (Phi) is 3.49. The zero-order valence-electron chi connectivity index (χ0n) is 11.6. The molecule has 1 saturated carbocycles. The third-order valence-electron chi connectivity index (χ3n) is 5.13. The molecule has 1 unspecified atom stereocenters. The molecular weight excluding hydrogens is 354 g/mol. The fourth-order valence-electron chi connectivity index (χ4n) is 3.24. The molecule has 0 spiro atoms. The lowest BCUT2D eigenvalue weighted by molar-refractivity contribution is 0.457. The van der Waals surface area contributed by atoms with Crippen molar-refractivity contribution >= 4 is 31.9 Å². The smallest absolute Gasteiger partial charge is 0.0345 e. The van der Waals surface area contributed by atoms with Crippen LogP contribution < -0.4 is 5.73 Å². The Morgan fingerprint density at radius 1 is 1.06 bits per heavy atom. The Labute approximate surface area is 127 Å². The lowest BCUT2D eigenvalue weighted by Crippen LogP contribution is -2.17. The predicted octanol–water partition coefficient (Wildman–Crippen LogP) is 5.20. The largest absolute Gasteiger partial charge is 0.324 e. The molecule has 0 saturated heterocycles. The molecule has 0 aliphatic heterocycles. The zero-order valence-corrected chi connectivity index (χ0v) is 14.8. The highest BCUT2D eigenvalue weighted by atomic mass is 79.9. The minimum Gasteiger partial charge on any atom is -0.324 e. The van der Waals surface area contributed by atoms with E-state index in [0.29, 0.717) is 16.7 Å². The molecule has 1 nitrogen and oxygen atoms in total. The van der Waals surface area contributed by atoms with Crippen molar-refractivity contribution in [3.63, 3.8) is 0 Å². The Morgan fingerprint density at radius 2 is 1.56 bits per heavy atom. The summed E-state index contributed by atoms with van der Waals surface area (Å²) in [5.41, 5.74) is 9.57. The first-order valence-electron chi connectivity index (χ1n) is 6.32. The van der Waals surface area contributed by atoms with E-state index in [2.05, 4.69) is 78.6 Å². The average molecular weight is 375 g/mol. The first-order chi connectivity index (χ1) is 8.10. The summed E-state index contributed by atoms with van der Waals surface area (Å²) in [6, 6.07) is 4.39. The Hall–Kier alpha value is 0.140. The van der Waals surface area contributed by atoms with E-state index in [-0.39, 0.29) is 6.04 Å². The van der Waals surface area contributed by atoms with Gasteiger partial charge in [0, 0.05) is 15.0 Å². The van der Waals surface area contributed by atoms with Crippen LogP contribution in [0.25, 0.3) is 0 Å². The van der Waals surface area contributed by atoms with Gasteiger partial charge in [-0.2, -0.15) is 0 Å². The van der Waals surface area contributed by atoms with Gasteiger partial charge in [0.05, 0.1) is 0 Å². The lowest BCUT2D eigenvalue weighted by atomic mass is 9.97. The van der Waals surface area contributed by atoms with E-state index in [1.54, 1.807) is 0 Å². The van der Waals surface area contributed by atoms with Crippen LogP contribution in [0.15, 0.2) is 21.1 Å². The van der Waals surface area contributed by atoms with Gasteiger partial charge >= 0.3 is 0 Å². The molecule has 2 N–H and O–H groups in total. The van der Waals surface area contributed by atoms with Gasteiger partial charge in [-0.3, -0.25) is 0 Å². The third kappa shape index (κ3) is 1.99. The van der Waals surface area contributed by atoms with Crippen molar-refractivity contribution in [1.82, 2.24) is 0 Å². The van der Waals surface area contributed by atoms with Crippen LogP contribution in [-0.2, 0) is 0 Å². The van der Waals surface area contributed by atoms with Gasteiger partial charge < -0.3 is 5.73 Å². The van der Waals surface area contributed by atoms with Crippen LogP contribution in [0.1, 0.15) is 44.9 Å². The van der Waals surface area contributed by atoms with Crippen molar-refractivity contribution in [3.05, 3.63) is 32.2 Å². The average Bonchev–Trinajstić information content (AvgIpc) is 2.62. The highest BCUT2D eigenvalue weighted by Crippen LogP contribution is 2.72. The standard InChI is InChI=1S/C15H21Br2N/c1-8-6-11(17)9(7-10(8)16)12(18)13-14(2,3)15(13,4)5/h6-7,12-13H,18H2,1-5H3. The molecule has 0 aromatic heterocycles. The lowest BCUT2D eigenvalue weighted by Gasteiger charge is -2.17. The fourth-order valence-corrected chi connectivity index (χ4v) is 4.33. The van der Waals surface area contributed by atoms with Crippen molar-refractivity contribution in [2.75, 3.05) is 0 Å². The molecule has 1 aliphatic carbocycles. The van der Waals surface area contributed by atoms with Gasteiger partial charge in [-0.25, -0.2) is 0 Å². The van der Waals surface area contributed by atoms with Crippen LogP contribution >= 0.6 is 31.9 Å². The van der Waals surface area contributed by atoms with Gasteiger partial charge in [0.25, 0.3) is 0 Å². The molecule has 3 heteroatoms. The normalized spacial score (nSPS) is 22.9. The van der Waals surface area contributed by atoms with E-state index in [9.17, 15) is 0 Å². The molecule has 1 fully saturated rings. The van der Waals surface area contributed by atoms with Crippen molar-refractivity contribution < 1.29 is 0 Å². The van der Waals surface area contributed by atoms with Crippen LogP contribution in [0.5, 0.6) is 0 Å². The second-order valence-corrected chi connectivity index (χ2v) is 8.28. The van der Waals surface area contributed by atoms with Crippen LogP contribution in [-0.4, -0.2) is 0 Å². The minimum absolute atomic E-state index is 0.0845. The van der Waals surface area contributed by atoms with Gasteiger partial charge in [0.2, 0.25) is 0 Å². The van der Waals surface area contributed by atoms with E-state index < -0.39 is 0 Å². The van der Waals surface area contributed by atoms with Crippen LogP contribution in [0, 0.1) is 23.7 Å². The first kappa shape index (κ1) is 14.5. The highest BCUT2D eigenvalue weighted by molar-refractivity contribution is 9.11. The molecule has 18 heavy (non-hydrogen) atoms. The Balaban J connectivity index is 2.37. The predicted molar refractivity (Wildman–Crippen MR) is 84.6 cm³/mol. The van der Waals surface area contributed by atoms with Crippen LogP contribution in [0.3, 0.4) is 0 Å². The van der Waals surface area contributed by atoms with Crippen molar-refractivity contribution in [2.45, 2.75) is 40.7 Å². The van der Waals surface area contributed by atoms with Gasteiger partial charge in [0.15, 0.2) is 0 Å². The molecule has 1 aromatic rings. The molecule has 2 rings (SSSR count). The van der Waals surface area contributed by atoms with E-state index in [4.69, 9.17) is 5.73 Å². The van der Waals surface area contributed by atoms with Crippen molar-refractivity contribution in [1.29, 1.82) is 0 Å². The number of hydrogen-bond acceptors (Lipinski definition) is 1. The van der Waals surface area contributed by atoms with Gasteiger partial charge in [0.1, 0.15) is 0 Å². The third-order valence-corrected chi connectivity index (χ3v) is 6.67. The van der Waals surface area contributed by atoms with E-state index in [1.165, 1.54) is 11.1 Å². The number of rotatable bonds is 2. The molecule has 1 aliphatic rings. The quantitative estimate of drug-likeness (QED) is 0.756. The van der Waals surface area contributed by atoms with Gasteiger partial charge in [-0.05, 0) is 46.9 Å². The number of hydrogen-bond donors (Lipinski definition) is 1. The second kappa shape index (κ2) is 4.32. The summed E-state index contributed by atoms with van der Waals surface area (Å²) in [6.45, 7) is 11.3. The molecule has 0 heterocycles. The molecule has 100 valence electrons. The number of halogens is 2. The van der Waals surface area contributed by atoms with Crippen LogP contribution in [0.4, 0.5) is 0 Å². The summed E-state index contributed by atoms with van der Waals surface area (Å²) in [4.78, 5) is 0. The summed E-state index contributed by atoms with van der Waals surface area (Å²) in [7, 11) is 0. The molecule has 0 bridgehead atoms. The zero-order chi connectivity index (χ0) is 13.9. The monoisotopic (exact) mass is 373 g/mol. The summed E-state index contributed by atoms with van der Waals surface area (Å²) >= 11 is 7.25. The van der Waals surface area contributed by atoms with E-state index >= 15 is 0 Å². The summed E-state index contributed by atoms with van der Waals surface area (Å²) in [6.07, 6.45) is 0. The number of aryl methyl sites for hydroxylation is 1. The SMILES string of the molecule is Cc1cc(Br)c(C(N)C2C(C)(C)C2(C)C)cc1Br. The summed E-state index contributed by atoms with van der Waals surface area (Å²) in [5.74, 6) is 0.524. The van der Waals surface area contributed by atoms with Gasteiger partial charge in [-0.15, -0.1) is 0 Å². The molecule has 1 atom stereocenters. The van der Waals surface area contributed by atoms with Crippen LogP contribution in [0.2, 0.25) is 0 Å². The summed E-state index contributed by atoms with van der Waals surface area (Å²) in [5, 5.41) is 0. The molecular formula is C15H21Br2N. The summed E-state index contributed by atoms with van der Waals surface area (Å²) < 4.78 is 2.25. The van der Waals surface area contributed by atoms with E-state index in [1.807, 2.05) is 0 Å². The molecule has 0 amide bonds. The van der Waals surface area contributed by atoms with Gasteiger partial charge in [-0.1, -0.05) is 59.6 Å². The molecule has 1 aromatic carbocycles. The number of benzene rings is 1. The van der Waals surface area contributed by atoms with Crippen molar-refractivity contribution in [3.8, 4) is 0 Å². The van der Waals surface area contributed by atoms with E-state index in [0.717, 1.165) is 8.95 Å².